The molecule has 1 aliphatic rings. The maximum atomic E-state index is 13.1. The summed E-state index contributed by atoms with van der Waals surface area (Å²) in [4.78, 5) is 2.23. The first-order chi connectivity index (χ1) is 11.7. The maximum Gasteiger partial charge on any atom is 0.161 e. The van der Waals surface area contributed by atoms with Crippen molar-refractivity contribution in [2.75, 3.05) is 33.4 Å². The molecule has 2 aromatic carbocycles. The van der Waals surface area contributed by atoms with Gasteiger partial charge in [0.2, 0.25) is 0 Å². The molecule has 0 saturated carbocycles. The van der Waals surface area contributed by atoms with Gasteiger partial charge in [-0.1, -0.05) is 24.3 Å². The fourth-order valence-electron chi connectivity index (χ4n) is 2.74. The molecule has 1 aliphatic heterocycles. The average Bonchev–Trinajstić information content (AvgIpc) is 2.61. The molecule has 2 aromatic rings. The first kappa shape index (κ1) is 16.7. The Morgan fingerprint density at radius 3 is 2.62 bits per heavy atom. The van der Waals surface area contributed by atoms with Crippen LogP contribution in [0.5, 0.6) is 11.5 Å². The lowest BCUT2D eigenvalue weighted by Gasteiger charge is -2.31. The molecule has 0 fully saturated rings. The van der Waals surface area contributed by atoms with Crippen molar-refractivity contribution in [1.29, 1.82) is 0 Å². The molecule has 0 aromatic heterocycles. The van der Waals surface area contributed by atoms with Gasteiger partial charge < -0.3 is 14.2 Å². The van der Waals surface area contributed by atoms with Crippen LogP contribution in [0.25, 0.3) is 0 Å². The minimum atomic E-state index is -0.220. The number of hydrogen-bond acceptors (Lipinski definition) is 4. The highest BCUT2D eigenvalue weighted by atomic mass is 19.1. The van der Waals surface area contributed by atoms with Gasteiger partial charge in [0.15, 0.2) is 11.5 Å². The van der Waals surface area contributed by atoms with E-state index >= 15 is 0 Å². The number of fused-ring (bicyclic) bond motifs is 1. The number of ether oxygens (including phenoxy) is 3. The molecule has 1 unspecified atom stereocenters. The summed E-state index contributed by atoms with van der Waals surface area (Å²) in [5.74, 6) is 1.35. The summed E-state index contributed by atoms with van der Waals surface area (Å²) in [7, 11) is 1.69. The molecule has 0 spiro atoms. The third-order valence-electron chi connectivity index (χ3n) is 3.96. The van der Waals surface area contributed by atoms with Gasteiger partial charge in [0.05, 0.1) is 6.61 Å². The van der Waals surface area contributed by atoms with Crippen molar-refractivity contribution in [3.8, 4) is 11.5 Å². The van der Waals surface area contributed by atoms with Gasteiger partial charge in [-0.15, -0.1) is 0 Å². The number of rotatable bonds is 7. The molecule has 0 N–H and O–H groups in total. The molecule has 0 radical (unpaired) electrons. The number of para-hydroxylation sites is 2. The first-order valence-corrected chi connectivity index (χ1v) is 8.09. The fourth-order valence-corrected chi connectivity index (χ4v) is 2.74. The van der Waals surface area contributed by atoms with Crippen molar-refractivity contribution in [3.63, 3.8) is 0 Å². The summed E-state index contributed by atoms with van der Waals surface area (Å²) < 4.78 is 30.1. The van der Waals surface area contributed by atoms with Crippen molar-refractivity contribution in [2.24, 2.45) is 0 Å². The Bertz CT molecular complexity index is 647. The molecule has 1 atom stereocenters. The third kappa shape index (κ3) is 4.46. The summed E-state index contributed by atoms with van der Waals surface area (Å²) in [6, 6.07) is 14.3. The summed E-state index contributed by atoms with van der Waals surface area (Å²) in [5.41, 5.74) is 1.06. The van der Waals surface area contributed by atoms with Gasteiger partial charge in [-0.05, 0) is 29.8 Å². The second-order valence-corrected chi connectivity index (χ2v) is 5.85. The van der Waals surface area contributed by atoms with E-state index < -0.39 is 0 Å². The van der Waals surface area contributed by atoms with Crippen LogP contribution in [-0.2, 0) is 11.3 Å². The number of hydrogen-bond donors (Lipinski definition) is 0. The minimum absolute atomic E-state index is 0.0443. The number of halogens is 1. The van der Waals surface area contributed by atoms with E-state index in [0.29, 0.717) is 19.8 Å². The lowest BCUT2D eigenvalue weighted by atomic mass is 10.2. The van der Waals surface area contributed by atoms with Crippen LogP contribution in [0.3, 0.4) is 0 Å². The van der Waals surface area contributed by atoms with Crippen LogP contribution in [-0.4, -0.2) is 44.4 Å². The second-order valence-electron chi connectivity index (χ2n) is 5.85. The summed E-state index contributed by atoms with van der Waals surface area (Å²) in [6.45, 7) is 3.35. The predicted molar refractivity (Wildman–Crippen MR) is 89.9 cm³/mol. The van der Waals surface area contributed by atoms with E-state index in [1.54, 1.807) is 7.11 Å². The van der Waals surface area contributed by atoms with Gasteiger partial charge in [0, 0.05) is 26.7 Å². The van der Waals surface area contributed by atoms with E-state index in [-0.39, 0.29) is 11.9 Å². The number of benzene rings is 2. The molecule has 24 heavy (non-hydrogen) atoms. The zero-order valence-electron chi connectivity index (χ0n) is 13.8. The summed E-state index contributed by atoms with van der Waals surface area (Å²) in [6.07, 6.45) is -0.0443. The Morgan fingerprint density at radius 1 is 1.12 bits per heavy atom. The molecular formula is C19H22FNO3. The molecule has 0 saturated heterocycles. The highest BCUT2D eigenvalue weighted by molar-refractivity contribution is 5.40. The molecule has 5 heteroatoms. The maximum absolute atomic E-state index is 13.1. The Morgan fingerprint density at radius 2 is 1.88 bits per heavy atom. The van der Waals surface area contributed by atoms with Crippen LogP contribution in [0.2, 0.25) is 0 Å². The number of methoxy groups -OCH3 is 1. The van der Waals surface area contributed by atoms with Crippen LogP contribution < -0.4 is 9.47 Å². The zero-order valence-corrected chi connectivity index (χ0v) is 13.8. The van der Waals surface area contributed by atoms with Gasteiger partial charge >= 0.3 is 0 Å². The molecule has 0 amide bonds. The molecular weight excluding hydrogens is 309 g/mol. The van der Waals surface area contributed by atoms with Gasteiger partial charge in [0.1, 0.15) is 18.5 Å². The standard InChI is InChI=1S/C19H22FNO3/c1-22-11-10-21(12-15-6-8-16(20)9-7-15)13-17-14-23-18-4-2-3-5-19(18)24-17/h2-9,17H,10-14H2,1H3. The highest BCUT2D eigenvalue weighted by Gasteiger charge is 2.23. The zero-order chi connectivity index (χ0) is 16.8. The quantitative estimate of drug-likeness (QED) is 0.780. The predicted octanol–water partition coefficient (Wildman–Crippen LogP) is 3.11. The van der Waals surface area contributed by atoms with E-state index in [2.05, 4.69) is 4.90 Å². The molecule has 0 aliphatic carbocycles. The van der Waals surface area contributed by atoms with Crippen molar-refractivity contribution in [2.45, 2.75) is 12.6 Å². The van der Waals surface area contributed by atoms with E-state index in [9.17, 15) is 4.39 Å². The minimum Gasteiger partial charge on any atom is -0.486 e. The topological polar surface area (TPSA) is 30.9 Å². The Hall–Kier alpha value is -2.11. The fraction of sp³-hybridized carbons (Fsp3) is 0.368. The van der Waals surface area contributed by atoms with Crippen molar-refractivity contribution in [3.05, 3.63) is 59.9 Å². The van der Waals surface area contributed by atoms with Gasteiger partial charge in [-0.25, -0.2) is 4.39 Å². The van der Waals surface area contributed by atoms with Crippen LogP contribution >= 0.6 is 0 Å². The van der Waals surface area contributed by atoms with E-state index in [4.69, 9.17) is 14.2 Å². The van der Waals surface area contributed by atoms with Crippen molar-refractivity contribution >= 4 is 0 Å². The average molecular weight is 331 g/mol. The SMILES string of the molecule is COCCN(Cc1ccc(F)cc1)CC1COc2ccccc2O1. The van der Waals surface area contributed by atoms with Crippen LogP contribution in [0.4, 0.5) is 4.39 Å². The Labute approximate surface area is 141 Å². The lowest BCUT2D eigenvalue weighted by molar-refractivity contribution is 0.0473. The largest absolute Gasteiger partial charge is 0.486 e. The highest BCUT2D eigenvalue weighted by Crippen LogP contribution is 2.31. The lowest BCUT2D eigenvalue weighted by Crippen LogP contribution is -2.41. The van der Waals surface area contributed by atoms with Crippen LogP contribution in [0, 0.1) is 5.82 Å². The Kier molecular flexibility index (Phi) is 5.67. The van der Waals surface area contributed by atoms with E-state index in [1.165, 1.54) is 12.1 Å². The van der Waals surface area contributed by atoms with E-state index in [1.807, 2.05) is 36.4 Å². The van der Waals surface area contributed by atoms with Crippen LogP contribution in [0.15, 0.2) is 48.5 Å². The van der Waals surface area contributed by atoms with Gasteiger partial charge in [-0.3, -0.25) is 4.90 Å². The van der Waals surface area contributed by atoms with Gasteiger partial charge in [0.25, 0.3) is 0 Å². The van der Waals surface area contributed by atoms with E-state index in [0.717, 1.165) is 30.2 Å². The smallest absolute Gasteiger partial charge is 0.161 e. The van der Waals surface area contributed by atoms with Crippen molar-refractivity contribution in [1.82, 2.24) is 4.90 Å². The molecule has 128 valence electrons. The number of nitrogens with zero attached hydrogens (tertiary/aromatic N) is 1. The molecule has 3 rings (SSSR count). The summed E-state index contributed by atoms with van der Waals surface area (Å²) in [5, 5.41) is 0. The molecule has 1 heterocycles. The van der Waals surface area contributed by atoms with Gasteiger partial charge in [-0.2, -0.15) is 0 Å². The third-order valence-corrected chi connectivity index (χ3v) is 3.96. The van der Waals surface area contributed by atoms with Crippen LogP contribution in [0.1, 0.15) is 5.56 Å². The van der Waals surface area contributed by atoms with Crippen molar-refractivity contribution < 1.29 is 18.6 Å². The first-order valence-electron chi connectivity index (χ1n) is 8.09. The molecule has 0 bridgehead atoms. The molecule has 4 nitrogen and oxygen atoms in total. The monoisotopic (exact) mass is 331 g/mol. The Balaban J connectivity index is 1.62. The summed E-state index contributed by atoms with van der Waals surface area (Å²) >= 11 is 0. The normalized spacial score (nSPS) is 16.4. The second kappa shape index (κ2) is 8.13.